The van der Waals surface area contributed by atoms with E-state index in [1.807, 2.05) is 0 Å². The van der Waals surface area contributed by atoms with E-state index in [0.717, 1.165) is 0 Å². The molecule has 0 spiro atoms. The molecule has 0 saturated carbocycles. The molecule has 5 nitrogen and oxygen atoms in total. The number of hydrogen-bond donors (Lipinski definition) is 3. The SMILES string of the molecule is CC1CCC(O)(O)C(=O)N1O. The van der Waals surface area contributed by atoms with E-state index in [1.165, 1.54) is 0 Å². The summed E-state index contributed by atoms with van der Waals surface area (Å²) >= 11 is 0. The van der Waals surface area contributed by atoms with E-state index in [2.05, 4.69) is 0 Å². The van der Waals surface area contributed by atoms with Gasteiger partial charge in [0.1, 0.15) is 0 Å². The predicted octanol–water partition coefficient (Wildman–Crippen LogP) is -0.933. The standard InChI is InChI=1S/C6H11NO4/c1-4-2-3-6(9,10)5(8)7(4)11/h4,9-11H,2-3H2,1H3. The maximum absolute atomic E-state index is 10.8. The molecule has 0 aromatic carbocycles. The van der Waals surface area contributed by atoms with E-state index in [1.54, 1.807) is 6.92 Å². The average molecular weight is 161 g/mol. The van der Waals surface area contributed by atoms with Crippen molar-refractivity contribution < 1.29 is 20.2 Å². The molecular weight excluding hydrogens is 150 g/mol. The van der Waals surface area contributed by atoms with Gasteiger partial charge in [0, 0.05) is 6.42 Å². The lowest BCUT2D eigenvalue weighted by molar-refractivity contribution is -0.247. The van der Waals surface area contributed by atoms with Gasteiger partial charge in [-0.2, -0.15) is 0 Å². The summed E-state index contributed by atoms with van der Waals surface area (Å²) in [6, 6.07) is -0.338. The van der Waals surface area contributed by atoms with Crippen molar-refractivity contribution in [2.75, 3.05) is 0 Å². The van der Waals surface area contributed by atoms with E-state index in [9.17, 15) is 4.79 Å². The smallest absolute Gasteiger partial charge is 0.306 e. The Balaban J connectivity index is 2.76. The Morgan fingerprint density at radius 3 is 2.64 bits per heavy atom. The highest BCUT2D eigenvalue weighted by Gasteiger charge is 2.43. The van der Waals surface area contributed by atoms with Gasteiger partial charge in [-0.1, -0.05) is 0 Å². The number of hydroxylamine groups is 2. The van der Waals surface area contributed by atoms with E-state index in [4.69, 9.17) is 15.4 Å². The van der Waals surface area contributed by atoms with Crippen molar-refractivity contribution in [3.63, 3.8) is 0 Å². The third-order valence-electron chi connectivity index (χ3n) is 1.88. The summed E-state index contributed by atoms with van der Waals surface area (Å²) in [6.07, 6.45) is 0.360. The van der Waals surface area contributed by atoms with E-state index >= 15 is 0 Å². The van der Waals surface area contributed by atoms with Crippen LogP contribution in [-0.4, -0.2) is 38.2 Å². The molecule has 0 aromatic heterocycles. The first-order valence-corrected chi connectivity index (χ1v) is 3.42. The van der Waals surface area contributed by atoms with Crippen LogP contribution in [0.3, 0.4) is 0 Å². The minimum absolute atomic E-state index is 0.0237. The molecule has 0 bridgehead atoms. The molecule has 0 radical (unpaired) electrons. The normalized spacial score (nSPS) is 30.7. The van der Waals surface area contributed by atoms with Crippen molar-refractivity contribution in [1.82, 2.24) is 5.06 Å². The van der Waals surface area contributed by atoms with Crippen molar-refractivity contribution >= 4 is 5.91 Å². The number of rotatable bonds is 0. The molecule has 0 aromatic rings. The number of aliphatic hydroxyl groups is 2. The molecule has 1 rings (SSSR count). The molecule has 1 aliphatic rings. The number of carbonyl (C=O) groups is 1. The monoisotopic (exact) mass is 161 g/mol. The largest absolute Gasteiger partial charge is 0.358 e. The van der Waals surface area contributed by atoms with Crippen molar-refractivity contribution in [3.05, 3.63) is 0 Å². The molecule has 0 aliphatic carbocycles. The average Bonchev–Trinajstić information content (AvgIpc) is 1.95. The number of piperidine rings is 1. The van der Waals surface area contributed by atoms with Crippen LogP contribution in [0.15, 0.2) is 0 Å². The molecular formula is C6H11NO4. The van der Waals surface area contributed by atoms with E-state index in [-0.39, 0.29) is 12.5 Å². The van der Waals surface area contributed by atoms with Gasteiger partial charge in [-0.05, 0) is 13.3 Å². The van der Waals surface area contributed by atoms with Crippen LogP contribution >= 0.6 is 0 Å². The molecule has 1 fully saturated rings. The summed E-state index contributed by atoms with van der Waals surface area (Å²) in [5.74, 6) is -3.42. The van der Waals surface area contributed by atoms with E-state index in [0.29, 0.717) is 11.5 Å². The summed E-state index contributed by atoms with van der Waals surface area (Å²) in [5.41, 5.74) is 0. The molecule has 1 atom stereocenters. The highest BCUT2D eigenvalue weighted by atomic mass is 16.6. The summed E-state index contributed by atoms with van der Waals surface area (Å²) < 4.78 is 0. The zero-order valence-corrected chi connectivity index (χ0v) is 6.19. The quantitative estimate of drug-likeness (QED) is 0.316. The minimum atomic E-state index is -2.37. The Bertz CT molecular complexity index is 179. The fraction of sp³-hybridized carbons (Fsp3) is 0.833. The summed E-state index contributed by atoms with van der Waals surface area (Å²) in [7, 11) is 0. The highest BCUT2D eigenvalue weighted by Crippen LogP contribution is 2.22. The highest BCUT2D eigenvalue weighted by molar-refractivity contribution is 5.83. The minimum Gasteiger partial charge on any atom is -0.358 e. The first kappa shape index (κ1) is 8.45. The van der Waals surface area contributed by atoms with Crippen LogP contribution in [0.1, 0.15) is 19.8 Å². The molecule has 1 heterocycles. The summed E-state index contributed by atoms with van der Waals surface area (Å²) in [4.78, 5) is 10.8. The first-order chi connectivity index (χ1) is 4.95. The number of carbonyl (C=O) groups excluding carboxylic acids is 1. The molecule has 5 heteroatoms. The lowest BCUT2D eigenvalue weighted by atomic mass is 10.00. The lowest BCUT2D eigenvalue weighted by Crippen LogP contribution is -2.55. The van der Waals surface area contributed by atoms with Gasteiger partial charge in [0.15, 0.2) is 0 Å². The Hall–Kier alpha value is -0.650. The molecule has 1 aliphatic heterocycles. The maximum Gasteiger partial charge on any atom is 0.306 e. The maximum atomic E-state index is 10.8. The van der Waals surface area contributed by atoms with Gasteiger partial charge in [0.05, 0.1) is 6.04 Å². The number of nitrogens with zero attached hydrogens (tertiary/aromatic N) is 1. The molecule has 64 valence electrons. The Morgan fingerprint density at radius 2 is 2.18 bits per heavy atom. The second-order valence-corrected chi connectivity index (χ2v) is 2.85. The van der Waals surface area contributed by atoms with Gasteiger partial charge in [-0.3, -0.25) is 10.0 Å². The van der Waals surface area contributed by atoms with Gasteiger partial charge in [0.25, 0.3) is 0 Å². The summed E-state index contributed by atoms with van der Waals surface area (Å²) in [5, 5.41) is 27.2. The Kier molecular flexibility index (Phi) is 1.87. The second-order valence-electron chi connectivity index (χ2n) is 2.85. The predicted molar refractivity (Wildman–Crippen MR) is 34.5 cm³/mol. The zero-order valence-electron chi connectivity index (χ0n) is 6.19. The van der Waals surface area contributed by atoms with Gasteiger partial charge >= 0.3 is 5.91 Å². The van der Waals surface area contributed by atoms with Crippen LogP contribution < -0.4 is 0 Å². The topological polar surface area (TPSA) is 81.0 Å². The molecule has 1 saturated heterocycles. The van der Waals surface area contributed by atoms with Crippen LogP contribution in [0.25, 0.3) is 0 Å². The van der Waals surface area contributed by atoms with E-state index < -0.39 is 11.7 Å². The van der Waals surface area contributed by atoms with Gasteiger partial charge in [0.2, 0.25) is 5.79 Å². The first-order valence-electron chi connectivity index (χ1n) is 3.42. The second kappa shape index (κ2) is 2.44. The Labute approximate surface area is 63.8 Å². The molecule has 1 amide bonds. The third-order valence-corrected chi connectivity index (χ3v) is 1.88. The van der Waals surface area contributed by atoms with Crippen molar-refractivity contribution in [2.24, 2.45) is 0 Å². The molecule has 3 N–H and O–H groups in total. The van der Waals surface area contributed by atoms with Crippen molar-refractivity contribution in [3.8, 4) is 0 Å². The fourth-order valence-corrected chi connectivity index (χ4v) is 1.02. The Morgan fingerprint density at radius 1 is 1.64 bits per heavy atom. The number of hydrogen-bond acceptors (Lipinski definition) is 4. The van der Waals surface area contributed by atoms with Crippen LogP contribution in [0.4, 0.5) is 0 Å². The van der Waals surface area contributed by atoms with Gasteiger partial charge in [-0.15, -0.1) is 0 Å². The van der Waals surface area contributed by atoms with Crippen LogP contribution in [0.2, 0.25) is 0 Å². The van der Waals surface area contributed by atoms with Crippen LogP contribution in [-0.2, 0) is 4.79 Å². The van der Waals surface area contributed by atoms with Crippen molar-refractivity contribution in [2.45, 2.75) is 31.6 Å². The molecule has 11 heavy (non-hydrogen) atoms. The van der Waals surface area contributed by atoms with Gasteiger partial charge < -0.3 is 10.2 Å². The van der Waals surface area contributed by atoms with Crippen LogP contribution in [0, 0.1) is 0 Å². The summed E-state index contributed by atoms with van der Waals surface area (Å²) in [6.45, 7) is 1.63. The zero-order chi connectivity index (χ0) is 8.65. The lowest BCUT2D eigenvalue weighted by Gasteiger charge is -2.34. The molecule has 1 unspecified atom stereocenters. The van der Waals surface area contributed by atoms with Crippen LogP contribution in [0.5, 0.6) is 0 Å². The van der Waals surface area contributed by atoms with Crippen molar-refractivity contribution in [1.29, 1.82) is 0 Å². The number of amides is 1. The van der Waals surface area contributed by atoms with Gasteiger partial charge in [-0.25, -0.2) is 5.06 Å². The third kappa shape index (κ3) is 1.35. The fourth-order valence-electron chi connectivity index (χ4n) is 1.02.